The lowest BCUT2D eigenvalue weighted by atomic mass is 10.0. The smallest absolute Gasteiger partial charge is 0.272 e. The molecule has 1 saturated heterocycles. The van der Waals surface area contributed by atoms with Crippen LogP contribution in [0.4, 0.5) is 5.82 Å². The molecular formula is C21H32N4O2S+2. The van der Waals surface area contributed by atoms with Gasteiger partial charge in [0.25, 0.3) is 5.82 Å². The average Bonchev–Trinajstić information content (AvgIpc) is 2.71. The van der Waals surface area contributed by atoms with Gasteiger partial charge in [-0.2, -0.15) is 4.31 Å². The van der Waals surface area contributed by atoms with E-state index in [0.717, 1.165) is 38.3 Å². The number of hydrogen-bond acceptors (Lipinski definition) is 3. The summed E-state index contributed by atoms with van der Waals surface area (Å²) in [4.78, 5) is 5.05. The third kappa shape index (κ3) is 5.10. The van der Waals surface area contributed by atoms with E-state index in [1.54, 1.807) is 17.2 Å². The zero-order valence-electron chi connectivity index (χ0n) is 16.8. The van der Waals surface area contributed by atoms with E-state index in [4.69, 9.17) is 0 Å². The second-order valence-electron chi connectivity index (χ2n) is 7.36. The number of pyridine rings is 1. The predicted molar refractivity (Wildman–Crippen MR) is 111 cm³/mol. The van der Waals surface area contributed by atoms with Crippen LogP contribution < -0.4 is 15.2 Å². The van der Waals surface area contributed by atoms with Crippen molar-refractivity contribution in [1.29, 1.82) is 0 Å². The molecule has 28 heavy (non-hydrogen) atoms. The van der Waals surface area contributed by atoms with Crippen LogP contribution in [0.5, 0.6) is 0 Å². The first-order valence-corrected chi connectivity index (χ1v) is 11.6. The number of hydrogen-bond donors (Lipinski definition) is 2. The average molecular weight is 405 g/mol. The summed E-state index contributed by atoms with van der Waals surface area (Å²) in [6.45, 7) is 8.02. The van der Waals surface area contributed by atoms with Gasteiger partial charge in [0.05, 0.1) is 13.1 Å². The van der Waals surface area contributed by atoms with Crippen LogP contribution in [0.25, 0.3) is 0 Å². The number of anilines is 1. The minimum atomic E-state index is -3.42. The summed E-state index contributed by atoms with van der Waals surface area (Å²) < 4.78 is 26.6. The van der Waals surface area contributed by atoms with E-state index in [-0.39, 0.29) is 0 Å². The molecule has 1 fully saturated rings. The summed E-state index contributed by atoms with van der Waals surface area (Å²) in [6.07, 6.45) is 3.80. The molecule has 152 valence electrons. The van der Waals surface area contributed by atoms with Gasteiger partial charge in [0, 0.05) is 37.6 Å². The highest BCUT2D eigenvalue weighted by atomic mass is 32.2. The molecule has 2 aromatic rings. The molecule has 3 rings (SSSR count). The highest BCUT2D eigenvalue weighted by Gasteiger charge is 2.26. The van der Waals surface area contributed by atoms with Crippen molar-refractivity contribution >= 4 is 15.8 Å². The molecule has 0 atom stereocenters. The number of nitrogens with zero attached hydrogens (tertiary/aromatic N) is 1. The second kappa shape index (κ2) is 9.49. The number of likely N-dealkylation sites (tertiary alicyclic amines) is 1. The summed E-state index contributed by atoms with van der Waals surface area (Å²) in [5.74, 6) is 0.870. The van der Waals surface area contributed by atoms with Crippen LogP contribution >= 0.6 is 0 Å². The molecule has 0 unspecified atom stereocenters. The molecule has 0 bridgehead atoms. The van der Waals surface area contributed by atoms with Crippen molar-refractivity contribution in [2.45, 2.75) is 44.2 Å². The number of sulfonamides is 1. The van der Waals surface area contributed by atoms with Crippen LogP contribution in [-0.4, -0.2) is 44.9 Å². The van der Waals surface area contributed by atoms with Crippen LogP contribution in [0.1, 0.15) is 32.3 Å². The molecule has 1 aliphatic heterocycles. The van der Waals surface area contributed by atoms with Crippen molar-refractivity contribution in [1.82, 2.24) is 4.31 Å². The molecule has 2 heterocycles. The fraction of sp³-hybridized carbons (Fsp3) is 0.476. The quantitative estimate of drug-likeness (QED) is 0.695. The van der Waals surface area contributed by atoms with Crippen molar-refractivity contribution in [3.63, 3.8) is 0 Å². The summed E-state index contributed by atoms with van der Waals surface area (Å²) in [6, 6.07) is 14.6. The number of aromatic amines is 1. The van der Waals surface area contributed by atoms with E-state index in [2.05, 4.69) is 40.6 Å². The Morgan fingerprint density at radius 3 is 2.32 bits per heavy atom. The van der Waals surface area contributed by atoms with Crippen LogP contribution in [0.3, 0.4) is 0 Å². The summed E-state index contributed by atoms with van der Waals surface area (Å²) >= 11 is 0. The number of piperidine rings is 1. The van der Waals surface area contributed by atoms with E-state index >= 15 is 0 Å². The van der Waals surface area contributed by atoms with Crippen LogP contribution in [0.15, 0.2) is 53.6 Å². The molecule has 6 nitrogen and oxygen atoms in total. The van der Waals surface area contributed by atoms with E-state index in [9.17, 15) is 8.42 Å². The molecule has 0 amide bonds. The van der Waals surface area contributed by atoms with Gasteiger partial charge in [-0.15, -0.1) is 0 Å². The zero-order valence-corrected chi connectivity index (χ0v) is 17.6. The third-order valence-electron chi connectivity index (χ3n) is 5.48. The van der Waals surface area contributed by atoms with E-state index < -0.39 is 10.0 Å². The van der Waals surface area contributed by atoms with Gasteiger partial charge in [0.1, 0.15) is 23.7 Å². The van der Waals surface area contributed by atoms with Gasteiger partial charge in [-0.3, -0.25) is 5.32 Å². The first-order chi connectivity index (χ1) is 13.5. The van der Waals surface area contributed by atoms with E-state index in [1.165, 1.54) is 9.87 Å². The Hall–Kier alpha value is -1.96. The first-order valence-electron chi connectivity index (χ1n) is 10.2. The Balaban J connectivity index is 1.53. The maximum atomic E-state index is 12.6. The van der Waals surface area contributed by atoms with E-state index in [0.29, 0.717) is 24.0 Å². The topological polar surface area (TPSA) is 68.0 Å². The highest BCUT2D eigenvalue weighted by molar-refractivity contribution is 7.89. The summed E-state index contributed by atoms with van der Waals surface area (Å²) in [5.41, 5.74) is 1.39. The number of aromatic nitrogens is 1. The molecule has 3 N–H and O–H groups in total. The predicted octanol–water partition coefficient (Wildman–Crippen LogP) is 1.19. The van der Waals surface area contributed by atoms with Gasteiger partial charge in [-0.1, -0.05) is 44.2 Å². The summed E-state index contributed by atoms with van der Waals surface area (Å²) in [7, 11) is -3.42. The second-order valence-corrected chi connectivity index (χ2v) is 9.30. The maximum Gasteiger partial charge on any atom is 0.272 e. The van der Waals surface area contributed by atoms with Crippen molar-refractivity contribution in [3.8, 4) is 0 Å². The minimum Gasteiger partial charge on any atom is -0.331 e. The van der Waals surface area contributed by atoms with Gasteiger partial charge < -0.3 is 4.90 Å². The molecule has 0 spiro atoms. The Morgan fingerprint density at radius 1 is 1.07 bits per heavy atom. The molecule has 1 aliphatic rings. The molecule has 7 heteroatoms. The molecule has 0 aliphatic carbocycles. The molecule has 0 saturated carbocycles. The lowest BCUT2D eigenvalue weighted by Gasteiger charge is -2.27. The largest absolute Gasteiger partial charge is 0.331 e. The highest BCUT2D eigenvalue weighted by Crippen LogP contribution is 2.15. The summed E-state index contributed by atoms with van der Waals surface area (Å²) in [5, 5.41) is 3.52. The Morgan fingerprint density at radius 2 is 1.75 bits per heavy atom. The van der Waals surface area contributed by atoms with Crippen LogP contribution in [-0.2, 0) is 16.6 Å². The Labute approximate surface area is 168 Å². The minimum absolute atomic E-state index is 0.309. The Bertz CT molecular complexity index is 828. The van der Waals surface area contributed by atoms with E-state index in [1.807, 2.05) is 19.9 Å². The number of H-pyrrole nitrogens is 1. The van der Waals surface area contributed by atoms with Crippen LogP contribution in [0.2, 0.25) is 0 Å². The van der Waals surface area contributed by atoms with Crippen molar-refractivity contribution in [3.05, 3.63) is 54.2 Å². The van der Waals surface area contributed by atoms with Crippen molar-refractivity contribution < 1.29 is 18.3 Å². The normalized spacial score (nSPS) is 20.2. The maximum absolute atomic E-state index is 12.6. The van der Waals surface area contributed by atoms with Gasteiger partial charge in [-0.25, -0.2) is 13.4 Å². The lowest BCUT2D eigenvalue weighted by Crippen LogP contribution is -3.12. The molecule has 1 aromatic carbocycles. The fourth-order valence-corrected chi connectivity index (χ4v) is 5.25. The van der Waals surface area contributed by atoms with Gasteiger partial charge in [-0.05, 0) is 6.07 Å². The number of benzene rings is 1. The first kappa shape index (κ1) is 20.8. The van der Waals surface area contributed by atoms with Crippen molar-refractivity contribution in [2.75, 3.05) is 31.5 Å². The number of nitrogens with one attached hydrogen (secondary N) is 3. The molecular weight excluding hydrogens is 372 g/mol. The number of quaternary nitrogens is 1. The lowest BCUT2D eigenvalue weighted by molar-refractivity contribution is -0.918. The van der Waals surface area contributed by atoms with Crippen LogP contribution in [0, 0.1) is 0 Å². The number of rotatable bonds is 8. The molecule has 0 radical (unpaired) electrons. The SMILES string of the molecule is CCN(CC)S(=O)(=O)c1ccc(NC2CC[NH+](Cc3ccccc3)CC2)[nH+]c1. The van der Waals surface area contributed by atoms with Gasteiger partial charge in [0.2, 0.25) is 10.0 Å². The van der Waals surface area contributed by atoms with Gasteiger partial charge in [0.15, 0.2) is 0 Å². The van der Waals surface area contributed by atoms with Gasteiger partial charge >= 0.3 is 0 Å². The van der Waals surface area contributed by atoms with Crippen molar-refractivity contribution in [2.24, 2.45) is 0 Å². The zero-order chi connectivity index (χ0) is 20.0. The third-order valence-corrected chi connectivity index (χ3v) is 7.52. The molecule has 1 aromatic heterocycles. The Kier molecular flexibility index (Phi) is 7.04. The fourth-order valence-electron chi connectivity index (χ4n) is 3.83. The monoisotopic (exact) mass is 404 g/mol. The standard InChI is InChI=1S/C21H30N4O2S/c1-3-25(4-2)28(26,27)20-10-11-21(22-16-20)23-19-12-14-24(15-13-19)17-18-8-6-5-7-9-18/h5-11,16,19H,3-4,12-15,17H2,1-2H3,(H,22,23)/p+2.